The highest BCUT2D eigenvalue weighted by Crippen LogP contribution is 2.01. The van der Waals surface area contributed by atoms with Gasteiger partial charge < -0.3 is 44.0 Å². The van der Waals surface area contributed by atoms with Crippen LogP contribution in [0, 0.1) is 0 Å². The van der Waals surface area contributed by atoms with Gasteiger partial charge in [-0.15, -0.1) is 0 Å². The molecule has 0 aromatic carbocycles. The molecule has 0 bridgehead atoms. The third-order valence-electron chi connectivity index (χ3n) is 3.84. The molecule has 0 aromatic rings. The van der Waals surface area contributed by atoms with E-state index in [1.807, 2.05) is 5.32 Å². The zero-order valence-corrected chi connectivity index (χ0v) is 16.8. The Morgan fingerprint density at radius 1 is 0.742 bits per heavy atom. The Bertz CT molecular complexity index is 741. The fourth-order valence-corrected chi connectivity index (χ4v) is 2.22. The molecule has 31 heavy (non-hydrogen) atoms. The highest BCUT2D eigenvalue weighted by molar-refractivity contribution is 5.95. The third kappa shape index (κ3) is 11.1. The molecule has 0 aliphatic heterocycles. The number of primary amides is 3. The molecule has 0 radical (unpaired) electrons. The Kier molecular flexibility index (Phi) is 11.2. The number of hydrogen-bond donors (Lipinski definition) is 8. The van der Waals surface area contributed by atoms with Crippen LogP contribution in [0.1, 0.15) is 32.6 Å². The second-order valence-electron chi connectivity index (χ2n) is 6.64. The molecule has 174 valence electrons. The number of hydrogen-bond acceptors (Lipinski definition) is 8. The summed E-state index contributed by atoms with van der Waals surface area (Å²) >= 11 is 0. The Morgan fingerprint density at radius 3 is 1.71 bits per heavy atom. The number of carboxylic acid groups (broad SMARTS) is 1. The largest absolute Gasteiger partial charge is 0.480 e. The van der Waals surface area contributed by atoms with Crippen molar-refractivity contribution < 1.29 is 38.7 Å². The molecule has 0 aromatic heterocycles. The van der Waals surface area contributed by atoms with E-state index in [9.17, 15) is 33.6 Å². The van der Waals surface area contributed by atoms with Crippen molar-refractivity contribution in [3.63, 3.8) is 0 Å². The van der Waals surface area contributed by atoms with E-state index in [1.54, 1.807) is 0 Å². The van der Waals surface area contributed by atoms with E-state index in [2.05, 4.69) is 10.6 Å². The Hall–Kier alpha value is -3.75. The molecule has 12 N–H and O–H groups in total. The first-order valence-corrected chi connectivity index (χ1v) is 8.99. The standard InChI is InChI=1S/C16H27N7O8/c1-6(13(27)23-9(16(30)31)5-12(20)26)21-15(29)8(2-3-10(18)24)22-14(28)7(17)4-11(19)25/h6-9H,2-5,17H2,1H3,(H2,18,24)(H2,19,25)(H2,20,26)(H,21,29)(H,22,28)(H,23,27)(H,30,31). The van der Waals surface area contributed by atoms with Crippen LogP contribution in [0.4, 0.5) is 0 Å². The molecule has 15 nitrogen and oxygen atoms in total. The first-order chi connectivity index (χ1) is 14.2. The van der Waals surface area contributed by atoms with Gasteiger partial charge in [0, 0.05) is 6.42 Å². The number of rotatable bonds is 14. The van der Waals surface area contributed by atoms with Crippen molar-refractivity contribution in [3.05, 3.63) is 0 Å². The highest BCUT2D eigenvalue weighted by atomic mass is 16.4. The van der Waals surface area contributed by atoms with Crippen LogP contribution in [-0.4, -0.2) is 70.7 Å². The first kappa shape index (κ1) is 27.2. The van der Waals surface area contributed by atoms with E-state index < -0.39 is 78.4 Å². The van der Waals surface area contributed by atoms with E-state index in [4.69, 9.17) is 28.0 Å². The monoisotopic (exact) mass is 445 g/mol. The number of amides is 6. The lowest BCUT2D eigenvalue weighted by molar-refractivity contribution is -0.143. The normalized spacial score (nSPS) is 14.3. The summed E-state index contributed by atoms with van der Waals surface area (Å²) in [5.41, 5.74) is 20.4. The topological polar surface area (TPSA) is 280 Å². The summed E-state index contributed by atoms with van der Waals surface area (Å²) in [6.07, 6.45) is -1.71. The minimum Gasteiger partial charge on any atom is -0.480 e. The van der Waals surface area contributed by atoms with Crippen molar-refractivity contribution in [1.29, 1.82) is 0 Å². The first-order valence-electron chi connectivity index (χ1n) is 8.99. The van der Waals surface area contributed by atoms with Gasteiger partial charge in [-0.2, -0.15) is 0 Å². The van der Waals surface area contributed by atoms with E-state index in [1.165, 1.54) is 6.92 Å². The fraction of sp³-hybridized carbons (Fsp3) is 0.562. The summed E-state index contributed by atoms with van der Waals surface area (Å²) < 4.78 is 0. The lowest BCUT2D eigenvalue weighted by atomic mass is 10.1. The van der Waals surface area contributed by atoms with Crippen LogP contribution < -0.4 is 38.9 Å². The zero-order valence-electron chi connectivity index (χ0n) is 16.8. The van der Waals surface area contributed by atoms with Gasteiger partial charge in [0.2, 0.25) is 35.4 Å². The molecular formula is C16H27N7O8. The van der Waals surface area contributed by atoms with E-state index in [-0.39, 0.29) is 12.8 Å². The smallest absolute Gasteiger partial charge is 0.326 e. The SMILES string of the molecule is CC(NC(=O)C(CCC(N)=O)NC(=O)C(N)CC(N)=O)C(=O)NC(CC(N)=O)C(=O)O. The number of nitrogens with two attached hydrogens (primary N) is 4. The minimum atomic E-state index is -1.61. The summed E-state index contributed by atoms with van der Waals surface area (Å²) in [7, 11) is 0. The molecule has 0 aliphatic carbocycles. The summed E-state index contributed by atoms with van der Waals surface area (Å²) in [4.78, 5) is 80.6. The van der Waals surface area contributed by atoms with Crippen molar-refractivity contribution in [1.82, 2.24) is 16.0 Å². The van der Waals surface area contributed by atoms with E-state index >= 15 is 0 Å². The molecule has 4 atom stereocenters. The second-order valence-corrected chi connectivity index (χ2v) is 6.64. The van der Waals surface area contributed by atoms with Gasteiger partial charge in [0.15, 0.2) is 0 Å². The van der Waals surface area contributed by atoms with Crippen LogP contribution in [0.3, 0.4) is 0 Å². The molecule has 4 unspecified atom stereocenters. The second kappa shape index (κ2) is 12.7. The zero-order chi connectivity index (χ0) is 24.3. The van der Waals surface area contributed by atoms with Crippen molar-refractivity contribution in [2.45, 2.75) is 56.8 Å². The maximum absolute atomic E-state index is 12.5. The van der Waals surface area contributed by atoms with Gasteiger partial charge in [-0.3, -0.25) is 28.8 Å². The maximum Gasteiger partial charge on any atom is 0.326 e. The van der Waals surface area contributed by atoms with Gasteiger partial charge in [-0.1, -0.05) is 0 Å². The lowest BCUT2D eigenvalue weighted by Gasteiger charge is -2.23. The van der Waals surface area contributed by atoms with Gasteiger partial charge >= 0.3 is 5.97 Å². The van der Waals surface area contributed by atoms with Crippen LogP contribution in [0.25, 0.3) is 0 Å². The maximum atomic E-state index is 12.5. The van der Waals surface area contributed by atoms with E-state index in [0.717, 1.165) is 0 Å². The molecule has 15 heteroatoms. The predicted molar refractivity (Wildman–Crippen MR) is 103 cm³/mol. The highest BCUT2D eigenvalue weighted by Gasteiger charge is 2.29. The molecule has 0 rings (SSSR count). The van der Waals surface area contributed by atoms with Crippen LogP contribution in [0.2, 0.25) is 0 Å². The number of nitrogens with one attached hydrogen (secondary N) is 3. The number of carbonyl (C=O) groups is 7. The molecule has 0 fully saturated rings. The molecule has 6 amide bonds. The molecule has 0 aliphatic rings. The number of aliphatic carboxylic acids is 1. The fourth-order valence-electron chi connectivity index (χ4n) is 2.22. The molecule has 0 saturated carbocycles. The van der Waals surface area contributed by atoms with Crippen LogP contribution in [0.15, 0.2) is 0 Å². The minimum absolute atomic E-state index is 0.246. The van der Waals surface area contributed by atoms with Gasteiger partial charge in [0.25, 0.3) is 0 Å². The summed E-state index contributed by atoms with van der Waals surface area (Å²) in [5, 5.41) is 15.5. The van der Waals surface area contributed by atoms with Gasteiger partial charge in [0.05, 0.1) is 18.9 Å². The third-order valence-corrected chi connectivity index (χ3v) is 3.84. The van der Waals surface area contributed by atoms with E-state index in [0.29, 0.717) is 0 Å². The summed E-state index contributed by atoms with van der Waals surface area (Å²) in [6.45, 7) is 1.21. The predicted octanol–water partition coefficient (Wildman–Crippen LogP) is -5.11. The Labute approximate surface area is 176 Å². The summed E-state index contributed by atoms with van der Waals surface area (Å²) in [6, 6.07) is -5.61. The Morgan fingerprint density at radius 2 is 1.26 bits per heavy atom. The molecule has 0 spiro atoms. The van der Waals surface area contributed by atoms with Crippen molar-refractivity contribution in [2.75, 3.05) is 0 Å². The number of carbonyl (C=O) groups excluding carboxylic acids is 6. The van der Waals surface area contributed by atoms with Crippen LogP contribution >= 0.6 is 0 Å². The molecular weight excluding hydrogens is 418 g/mol. The average Bonchev–Trinajstić information content (AvgIpc) is 2.62. The Balaban J connectivity index is 5.16. The molecule has 0 saturated heterocycles. The average molecular weight is 445 g/mol. The molecule has 0 heterocycles. The van der Waals surface area contributed by atoms with Crippen molar-refractivity contribution in [3.8, 4) is 0 Å². The van der Waals surface area contributed by atoms with Crippen molar-refractivity contribution >= 4 is 41.4 Å². The van der Waals surface area contributed by atoms with Crippen LogP contribution in [0.5, 0.6) is 0 Å². The van der Waals surface area contributed by atoms with Gasteiger partial charge in [-0.25, -0.2) is 4.79 Å². The number of carboxylic acids is 1. The lowest BCUT2D eigenvalue weighted by Crippen LogP contribution is -2.56. The van der Waals surface area contributed by atoms with Gasteiger partial charge in [-0.05, 0) is 13.3 Å². The quantitative estimate of drug-likeness (QED) is 0.127. The van der Waals surface area contributed by atoms with Crippen LogP contribution in [-0.2, 0) is 33.6 Å². The summed E-state index contributed by atoms with van der Waals surface area (Å²) in [5.74, 6) is -6.87. The van der Waals surface area contributed by atoms with Crippen molar-refractivity contribution in [2.24, 2.45) is 22.9 Å². The van der Waals surface area contributed by atoms with Gasteiger partial charge in [0.1, 0.15) is 18.1 Å².